The van der Waals surface area contributed by atoms with Gasteiger partial charge < -0.3 is 4.74 Å². The molecular weight excluding hydrogens is 336 g/mol. The summed E-state index contributed by atoms with van der Waals surface area (Å²) in [6, 6.07) is 20.0. The zero-order chi connectivity index (χ0) is 17.6. The smallest absolute Gasteiger partial charge is 0.259 e. The van der Waals surface area contributed by atoms with E-state index in [2.05, 4.69) is 4.98 Å². The minimum Gasteiger partial charge on any atom is -0.497 e. The van der Waals surface area contributed by atoms with Gasteiger partial charge in [0.2, 0.25) is 0 Å². The summed E-state index contributed by atoms with van der Waals surface area (Å²) in [7, 11) is 1.62. The van der Waals surface area contributed by atoms with Gasteiger partial charge in [-0.1, -0.05) is 29.8 Å². The summed E-state index contributed by atoms with van der Waals surface area (Å²) in [6.45, 7) is 0.405. The van der Waals surface area contributed by atoms with Crippen molar-refractivity contribution in [3.63, 3.8) is 0 Å². The molecule has 1 amide bonds. The fourth-order valence-electron chi connectivity index (χ4n) is 2.43. The lowest BCUT2D eigenvalue weighted by Crippen LogP contribution is -2.31. The Kier molecular flexibility index (Phi) is 5.31. The number of aromatic nitrogens is 1. The van der Waals surface area contributed by atoms with Crippen molar-refractivity contribution in [1.82, 2.24) is 4.98 Å². The number of hydrogen-bond donors (Lipinski definition) is 0. The van der Waals surface area contributed by atoms with Crippen LogP contribution in [0.3, 0.4) is 0 Å². The highest BCUT2D eigenvalue weighted by Crippen LogP contribution is 2.20. The van der Waals surface area contributed by atoms with Crippen molar-refractivity contribution in [1.29, 1.82) is 0 Å². The highest BCUT2D eigenvalue weighted by Gasteiger charge is 2.19. The first kappa shape index (κ1) is 17.0. The predicted molar refractivity (Wildman–Crippen MR) is 99.2 cm³/mol. The molecule has 0 atom stereocenters. The Morgan fingerprint density at radius 3 is 2.36 bits per heavy atom. The molecule has 0 fully saturated rings. The summed E-state index contributed by atoms with van der Waals surface area (Å²) >= 11 is 5.92. The van der Waals surface area contributed by atoms with Crippen molar-refractivity contribution in [2.45, 2.75) is 6.54 Å². The Morgan fingerprint density at radius 1 is 1.04 bits per heavy atom. The fourth-order valence-corrected chi connectivity index (χ4v) is 2.56. The van der Waals surface area contributed by atoms with Crippen LogP contribution in [-0.4, -0.2) is 18.0 Å². The van der Waals surface area contributed by atoms with Crippen molar-refractivity contribution in [3.05, 3.63) is 89.1 Å². The average molecular weight is 353 g/mol. The van der Waals surface area contributed by atoms with Gasteiger partial charge in [-0.25, -0.2) is 4.98 Å². The summed E-state index contributed by atoms with van der Waals surface area (Å²) < 4.78 is 5.18. The Balaban J connectivity index is 1.92. The molecule has 1 aromatic heterocycles. The molecule has 0 radical (unpaired) electrons. The minimum atomic E-state index is -0.133. The topological polar surface area (TPSA) is 42.4 Å². The Bertz CT molecular complexity index is 834. The van der Waals surface area contributed by atoms with E-state index in [-0.39, 0.29) is 5.91 Å². The quantitative estimate of drug-likeness (QED) is 0.674. The number of halogens is 1. The number of ether oxygens (including phenoxy) is 1. The number of carbonyl (C=O) groups is 1. The lowest BCUT2D eigenvalue weighted by atomic mass is 10.1. The van der Waals surface area contributed by atoms with E-state index < -0.39 is 0 Å². The van der Waals surface area contributed by atoms with Gasteiger partial charge in [-0.15, -0.1) is 0 Å². The SMILES string of the molecule is COc1ccc(CN(C(=O)c2ccc(Cl)cc2)c2ccccn2)cc1. The zero-order valence-electron chi connectivity index (χ0n) is 13.7. The molecule has 3 aromatic rings. The molecule has 25 heavy (non-hydrogen) atoms. The number of carbonyl (C=O) groups excluding carboxylic acids is 1. The summed E-state index contributed by atoms with van der Waals surface area (Å²) in [5.41, 5.74) is 1.54. The van der Waals surface area contributed by atoms with Gasteiger partial charge in [0.25, 0.3) is 5.91 Å². The van der Waals surface area contributed by atoms with E-state index in [0.717, 1.165) is 11.3 Å². The van der Waals surface area contributed by atoms with Crippen LogP contribution in [-0.2, 0) is 6.54 Å². The van der Waals surface area contributed by atoms with Gasteiger partial charge in [0.1, 0.15) is 11.6 Å². The first-order chi connectivity index (χ1) is 12.2. The van der Waals surface area contributed by atoms with Crippen molar-refractivity contribution < 1.29 is 9.53 Å². The van der Waals surface area contributed by atoms with E-state index in [1.807, 2.05) is 42.5 Å². The van der Waals surface area contributed by atoms with Crippen LogP contribution < -0.4 is 9.64 Å². The maximum atomic E-state index is 13.0. The molecular formula is C20H17ClN2O2. The molecule has 0 aliphatic heterocycles. The minimum absolute atomic E-state index is 0.133. The second-order valence-electron chi connectivity index (χ2n) is 5.43. The van der Waals surface area contributed by atoms with E-state index in [1.54, 1.807) is 42.5 Å². The first-order valence-corrected chi connectivity index (χ1v) is 8.16. The van der Waals surface area contributed by atoms with Crippen LogP contribution in [0.2, 0.25) is 5.02 Å². The van der Waals surface area contributed by atoms with Crippen molar-refractivity contribution >= 4 is 23.3 Å². The highest BCUT2D eigenvalue weighted by molar-refractivity contribution is 6.30. The van der Waals surface area contributed by atoms with Gasteiger partial charge in [0.05, 0.1) is 13.7 Å². The standard InChI is InChI=1S/C20H17ClN2O2/c1-25-18-11-5-15(6-12-18)14-23(19-4-2-3-13-22-19)20(24)16-7-9-17(21)10-8-16/h2-13H,14H2,1H3. The first-order valence-electron chi connectivity index (χ1n) is 7.79. The maximum Gasteiger partial charge on any atom is 0.259 e. The molecule has 4 nitrogen and oxygen atoms in total. The fraction of sp³-hybridized carbons (Fsp3) is 0.100. The third kappa shape index (κ3) is 4.17. The van der Waals surface area contributed by atoms with E-state index in [4.69, 9.17) is 16.3 Å². The second-order valence-corrected chi connectivity index (χ2v) is 5.87. The molecule has 1 heterocycles. The molecule has 0 aliphatic rings. The number of methoxy groups -OCH3 is 1. The van der Waals surface area contributed by atoms with Crippen molar-refractivity contribution in [2.24, 2.45) is 0 Å². The molecule has 0 saturated carbocycles. The van der Waals surface area contributed by atoms with Gasteiger partial charge in [-0.3, -0.25) is 9.69 Å². The average Bonchev–Trinajstić information content (AvgIpc) is 2.67. The van der Waals surface area contributed by atoms with Crippen molar-refractivity contribution in [2.75, 3.05) is 12.0 Å². The Hall–Kier alpha value is -2.85. The normalized spacial score (nSPS) is 10.3. The van der Waals surface area contributed by atoms with E-state index in [0.29, 0.717) is 22.9 Å². The van der Waals surface area contributed by atoms with Gasteiger partial charge in [-0.2, -0.15) is 0 Å². The number of rotatable bonds is 5. The molecule has 2 aromatic carbocycles. The van der Waals surface area contributed by atoms with E-state index in [9.17, 15) is 4.79 Å². The van der Waals surface area contributed by atoms with Crippen LogP contribution in [0.15, 0.2) is 72.9 Å². The molecule has 0 spiro atoms. The highest BCUT2D eigenvalue weighted by atomic mass is 35.5. The lowest BCUT2D eigenvalue weighted by Gasteiger charge is -2.22. The molecule has 0 saturated heterocycles. The largest absolute Gasteiger partial charge is 0.497 e. The number of benzene rings is 2. The van der Waals surface area contributed by atoms with Crippen LogP contribution in [0.25, 0.3) is 0 Å². The van der Waals surface area contributed by atoms with Crippen LogP contribution in [0.4, 0.5) is 5.82 Å². The molecule has 126 valence electrons. The molecule has 0 bridgehead atoms. The number of amides is 1. The predicted octanol–water partition coefficient (Wildman–Crippen LogP) is 4.59. The number of nitrogens with zero attached hydrogens (tertiary/aromatic N) is 2. The van der Waals surface area contributed by atoms with Crippen LogP contribution in [0.1, 0.15) is 15.9 Å². The summed E-state index contributed by atoms with van der Waals surface area (Å²) in [4.78, 5) is 19.0. The maximum absolute atomic E-state index is 13.0. The number of anilines is 1. The lowest BCUT2D eigenvalue weighted by molar-refractivity contribution is 0.0984. The van der Waals surface area contributed by atoms with E-state index >= 15 is 0 Å². The Morgan fingerprint density at radius 2 is 1.76 bits per heavy atom. The second kappa shape index (κ2) is 7.81. The summed E-state index contributed by atoms with van der Waals surface area (Å²) in [6.07, 6.45) is 1.67. The third-order valence-corrected chi connectivity index (χ3v) is 4.01. The zero-order valence-corrected chi connectivity index (χ0v) is 14.5. The monoisotopic (exact) mass is 352 g/mol. The van der Waals surface area contributed by atoms with Gasteiger partial charge in [0.15, 0.2) is 0 Å². The van der Waals surface area contributed by atoms with Crippen LogP contribution in [0, 0.1) is 0 Å². The van der Waals surface area contributed by atoms with Gasteiger partial charge in [0, 0.05) is 16.8 Å². The summed E-state index contributed by atoms with van der Waals surface area (Å²) in [5.74, 6) is 1.24. The van der Waals surface area contributed by atoms with Crippen LogP contribution in [0.5, 0.6) is 5.75 Å². The third-order valence-electron chi connectivity index (χ3n) is 3.76. The Labute approximate surface area is 151 Å². The number of pyridine rings is 1. The molecule has 0 aliphatic carbocycles. The molecule has 5 heteroatoms. The summed E-state index contributed by atoms with van der Waals surface area (Å²) in [5, 5.41) is 0.594. The molecule has 0 N–H and O–H groups in total. The van der Waals surface area contributed by atoms with Crippen molar-refractivity contribution in [3.8, 4) is 5.75 Å². The molecule has 3 rings (SSSR count). The number of hydrogen-bond acceptors (Lipinski definition) is 3. The van der Waals surface area contributed by atoms with Gasteiger partial charge >= 0.3 is 0 Å². The van der Waals surface area contributed by atoms with Crippen LogP contribution >= 0.6 is 11.6 Å². The van der Waals surface area contributed by atoms with Gasteiger partial charge in [-0.05, 0) is 54.1 Å². The molecule has 0 unspecified atom stereocenters. The van der Waals surface area contributed by atoms with E-state index in [1.165, 1.54) is 0 Å².